The van der Waals surface area contributed by atoms with Gasteiger partial charge in [0.15, 0.2) is 11.6 Å². The van der Waals surface area contributed by atoms with Gasteiger partial charge < -0.3 is 9.47 Å². The smallest absolute Gasteiger partial charge is 0.267 e. The summed E-state index contributed by atoms with van der Waals surface area (Å²) in [6.07, 6.45) is 1.67. The maximum Gasteiger partial charge on any atom is 0.267 e. The number of pyridine rings is 1. The Balaban J connectivity index is 1.96. The first-order chi connectivity index (χ1) is 17.3. The van der Waals surface area contributed by atoms with E-state index in [-0.39, 0.29) is 34.3 Å². The monoisotopic (exact) mass is 534 g/mol. The number of carbonyl (C=O) groups excluding carboxylic acids is 1. The van der Waals surface area contributed by atoms with Gasteiger partial charge in [-0.2, -0.15) is 5.10 Å². The Morgan fingerprint density at radius 3 is 2.65 bits per heavy atom. The Kier molecular flexibility index (Phi) is 6.97. The van der Waals surface area contributed by atoms with Crippen LogP contribution in [0.4, 0.5) is 8.78 Å². The third-order valence-corrected chi connectivity index (χ3v) is 7.27. The van der Waals surface area contributed by atoms with Crippen LogP contribution in [0.3, 0.4) is 0 Å². The van der Waals surface area contributed by atoms with Gasteiger partial charge in [-0.05, 0) is 54.2 Å². The van der Waals surface area contributed by atoms with E-state index < -0.39 is 46.0 Å². The van der Waals surface area contributed by atoms with E-state index in [1.54, 1.807) is 39.8 Å². The van der Waals surface area contributed by atoms with Crippen LogP contribution in [-0.4, -0.2) is 42.1 Å². The molecular formula is C25H28F2N4O5S. The number of halogens is 2. The standard InChI is InChI=1S/C25H28F2N4O5S/c1-14(2)23-19-10-21(32)30-37(33,34)17-11-29-31(12-17)25(4,5)13-35-22-8-16(6-7-28-22)18(19)9-20(24(23)27)36-15(3)26/h6-9,11-12,14-15H,10,13H2,1-5H3,(H,30,32). The Morgan fingerprint density at radius 2 is 1.97 bits per heavy atom. The zero-order valence-electron chi connectivity index (χ0n) is 21.1. The van der Waals surface area contributed by atoms with E-state index in [0.29, 0.717) is 11.1 Å². The largest absolute Gasteiger partial charge is 0.475 e. The number of hydrogen-bond donors (Lipinski definition) is 1. The van der Waals surface area contributed by atoms with Gasteiger partial charge in [0.25, 0.3) is 10.0 Å². The number of hydrogen-bond acceptors (Lipinski definition) is 7. The molecule has 12 heteroatoms. The highest BCUT2D eigenvalue weighted by molar-refractivity contribution is 7.90. The number of benzene rings is 1. The lowest BCUT2D eigenvalue weighted by Crippen LogP contribution is -2.34. The van der Waals surface area contributed by atoms with Crippen molar-refractivity contribution in [1.29, 1.82) is 0 Å². The third kappa shape index (κ3) is 5.43. The second-order valence-corrected chi connectivity index (χ2v) is 11.4. The molecular weight excluding hydrogens is 506 g/mol. The first-order valence-corrected chi connectivity index (χ1v) is 13.1. The van der Waals surface area contributed by atoms with Crippen LogP contribution < -0.4 is 14.2 Å². The van der Waals surface area contributed by atoms with Gasteiger partial charge in [-0.25, -0.2) is 26.9 Å². The lowest BCUT2D eigenvalue weighted by molar-refractivity contribution is -0.118. The molecule has 0 saturated heterocycles. The van der Waals surface area contributed by atoms with E-state index in [1.807, 2.05) is 0 Å². The second-order valence-electron chi connectivity index (χ2n) is 9.75. The van der Waals surface area contributed by atoms with Crippen LogP contribution in [0.15, 0.2) is 41.7 Å². The highest BCUT2D eigenvalue weighted by atomic mass is 32.2. The van der Waals surface area contributed by atoms with Crippen molar-refractivity contribution in [3.8, 4) is 22.8 Å². The summed E-state index contributed by atoms with van der Waals surface area (Å²) in [6.45, 7) is 8.23. The average Bonchev–Trinajstić information content (AvgIpc) is 3.31. The van der Waals surface area contributed by atoms with E-state index in [4.69, 9.17) is 9.47 Å². The van der Waals surface area contributed by atoms with Crippen LogP contribution in [0.5, 0.6) is 11.6 Å². The normalized spacial score (nSPS) is 17.6. The fraction of sp³-hybridized carbons (Fsp3) is 0.400. The SMILES string of the molecule is CC(F)Oc1cc2c(c(C(C)C)c1F)CC(=O)NS(=O)(=O)c1cnn(c1)C(C)(C)COc1cc-2ccn1. The molecule has 0 saturated carbocycles. The molecule has 0 spiro atoms. The Labute approximate surface area is 213 Å². The third-order valence-electron chi connectivity index (χ3n) is 5.94. The summed E-state index contributed by atoms with van der Waals surface area (Å²) in [5.74, 6) is -2.22. The molecule has 2 aromatic heterocycles. The fourth-order valence-electron chi connectivity index (χ4n) is 4.16. The van der Waals surface area contributed by atoms with E-state index in [0.717, 1.165) is 13.1 Å². The first kappa shape index (κ1) is 26.5. The molecule has 3 heterocycles. The number of fused-ring (bicyclic) bond motifs is 6. The molecule has 1 unspecified atom stereocenters. The number of carbonyl (C=O) groups is 1. The van der Waals surface area contributed by atoms with Gasteiger partial charge in [0.05, 0.1) is 18.2 Å². The molecule has 1 aliphatic rings. The molecule has 1 aromatic carbocycles. The number of aromatic nitrogens is 3. The summed E-state index contributed by atoms with van der Waals surface area (Å²) in [5, 5.41) is 4.14. The maximum absolute atomic E-state index is 15.6. The molecule has 198 valence electrons. The Bertz CT molecular complexity index is 1450. The van der Waals surface area contributed by atoms with Gasteiger partial charge in [-0.3, -0.25) is 9.48 Å². The van der Waals surface area contributed by atoms with Crippen molar-refractivity contribution in [3.63, 3.8) is 0 Å². The van der Waals surface area contributed by atoms with Crippen molar-refractivity contribution in [2.75, 3.05) is 6.61 Å². The van der Waals surface area contributed by atoms with Crippen LogP contribution in [0.1, 0.15) is 51.7 Å². The molecule has 0 aliphatic carbocycles. The van der Waals surface area contributed by atoms with Gasteiger partial charge in [0.2, 0.25) is 18.1 Å². The van der Waals surface area contributed by atoms with Crippen molar-refractivity contribution in [3.05, 3.63) is 53.7 Å². The summed E-state index contributed by atoms with van der Waals surface area (Å²) in [6, 6.07) is 4.55. The Morgan fingerprint density at radius 1 is 1.24 bits per heavy atom. The maximum atomic E-state index is 15.6. The van der Waals surface area contributed by atoms with Gasteiger partial charge in [0.1, 0.15) is 11.5 Å². The van der Waals surface area contributed by atoms with Gasteiger partial charge in [-0.15, -0.1) is 0 Å². The Hall–Kier alpha value is -3.54. The van der Waals surface area contributed by atoms with Crippen molar-refractivity contribution in [2.24, 2.45) is 0 Å². The average molecular weight is 535 g/mol. The first-order valence-electron chi connectivity index (χ1n) is 11.6. The van der Waals surface area contributed by atoms with Crippen molar-refractivity contribution in [2.45, 2.75) is 63.7 Å². The zero-order valence-corrected chi connectivity index (χ0v) is 21.9. The highest BCUT2D eigenvalue weighted by Gasteiger charge is 2.29. The molecule has 0 fully saturated rings. The minimum Gasteiger partial charge on any atom is -0.475 e. The number of amides is 1. The fourth-order valence-corrected chi connectivity index (χ4v) is 5.07. The number of rotatable bonds is 3. The minimum atomic E-state index is -4.27. The molecule has 4 rings (SSSR count). The van der Waals surface area contributed by atoms with Crippen LogP contribution in [0.25, 0.3) is 11.1 Å². The van der Waals surface area contributed by atoms with E-state index >= 15 is 4.39 Å². The van der Waals surface area contributed by atoms with Crippen molar-refractivity contribution in [1.82, 2.24) is 19.5 Å². The van der Waals surface area contributed by atoms with Crippen molar-refractivity contribution >= 4 is 15.9 Å². The highest BCUT2D eigenvalue weighted by Crippen LogP contribution is 2.39. The molecule has 4 bridgehead atoms. The van der Waals surface area contributed by atoms with Crippen LogP contribution in [0, 0.1) is 5.82 Å². The predicted octanol–water partition coefficient (Wildman–Crippen LogP) is 4.08. The lowest BCUT2D eigenvalue weighted by Gasteiger charge is -2.25. The number of nitrogens with one attached hydrogen (secondary N) is 1. The number of alkyl halides is 1. The summed E-state index contributed by atoms with van der Waals surface area (Å²) < 4.78 is 69.7. The molecule has 3 aromatic rings. The molecule has 1 aliphatic heterocycles. The number of nitrogens with zero attached hydrogens (tertiary/aromatic N) is 3. The van der Waals surface area contributed by atoms with Crippen LogP contribution >= 0.6 is 0 Å². The molecule has 1 amide bonds. The van der Waals surface area contributed by atoms with Gasteiger partial charge >= 0.3 is 0 Å². The summed E-state index contributed by atoms with van der Waals surface area (Å²) >= 11 is 0. The molecule has 9 nitrogen and oxygen atoms in total. The zero-order chi connectivity index (χ0) is 27.1. The van der Waals surface area contributed by atoms with E-state index in [1.165, 1.54) is 23.1 Å². The molecule has 1 atom stereocenters. The molecule has 1 N–H and O–H groups in total. The van der Waals surface area contributed by atoms with Gasteiger partial charge in [0, 0.05) is 25.4 Å². The lowest BCUT2D eigenvalue weighted by atomic mass is 9.87. The van der Waals surface area contributed by atoms with Crippen LogP contribution in [0.2, 0.25) is 0 Å². The van der Waals surface area contributed by atoms with Crippen LogP contribution in [-0.2, 0) is 26.8 Å². The topological polar surface area (TPSA) is 112 Å². The predicted molar refractivity (Wildman–Crippen MR) is 131 cm³/mol. The minimum absolute atomic E-state index is 0.0816. The van der Waals surface area contributed by atoms with Crippen molar-refractivity contribution < 1.29 is 31.5 Å². The second kappa shape index (κ2) is 9.73. The molecule has 37 heavy (non-hydrogen) atoms. The van der Waals surface area contributed by atoms with Gasteiger partial charge in [-0.1, -0.05) is 13.8 Å². The summed E-state index contributed by atoms with van der Waals surface area (Å²) in [4.78, 5) is 17.1. The quantitative estimate of drug-likeness (QED) is 0.539. The number of ether oxygens (including phenoxy) is 2. The number of sulfonamides is 1. The summed E-state index contributed by atoms with van der Waals surface area (Å²) in [7, 11) is -4.27. The van der Waals surface area contributed by atoms with E-state index in [2.05, 4.69) is 14.8 Å². The summed E-state index contributed by atoms with van der Waals surface area (Å²) in [5.41, 5.74) is 0.434. The van der Waals surface area contributed by atoms with E-state index in [9.17, 15) is 17.6 Å². The molecule has 0 radical (unpaired) electrons.